The molecule has 0 aliphatic rings. The minimum atomic E-state index is -5.05. The molecule has 0 aliphatic carbocycles. The van der Waals surface area contributed by atoms with Gasteiger partial charge in [-0.15, -0.1) is 11.3 Å². The third-order valence-electron chi connectivity index (χ3n) is 3.75. The van der Waals surface area contributed by atoms with Crippen LogP contribution in [0, 0.1) is 20.8 Å². The maximum absolute atomic E-state index is 12.6. The Bertz CT molecular complexity index is 840. The standard InChI is InChI=1S/C17H16F3NO3S/c1-8-5-6-11(7-9(8)2)12-10(3)25-14(13(12)15(22)24-4)21-16(23)17(18,19)20/h5-7H,1-4H3,(H,21,23). The largest absolute Gasteiger partial charge is 0.471 e. The Hall–Kier alpha value is -2.35. The summed E-state index contributed by atoms with van der Waals surface area (Å²) in [6, 6.07) is 5.47. The number of benzene rings is 1. The fourth-order valence-corrected chi connectivity index (χ4v) is 3.41. The van der Waals surface area contributed by atoms with E-state index in [-0.39, 0.29) is 10.6 Å². The van der Waals surface area contributed by atoms with Crippen molar-refractivity contribution in [1.29, 1.82) is 0 Å². The number of rotatable bonds is 3. The van der Waals surface area contributed by atoms with Crippen molar-refractivity contribution in [3.63, 3.8) is 0 Å². The van der Waals surface area contributed by atoms with Gasteiger partial charge >= 0.3 is 18.1 Å². The first-order valence-corrected chi connectivity index (χ1v) is 8.05. The number of carbonyl (C=O) groups is 2. The second kappa shape index (κ2) is 6.87. The van der Waals surface area contributed by atoms with Crippen molar-refractivity contribution in [3.05, 3.63) is 39.8 Å². The Balaban J connectivity index is 2.62. The third-order valence-corrected chi connectivity index (χ3v) is 4.77. The number of methoxy groups -OCH3 is 1. The van der Waals surface area contributed by atoms with E-state index < -0.39 is 18.1 Å². The predicted octanol–water partition coefficient (Wildman–Crippen LogP) is 4.63. The van der Waals surface area contributed by atoms with E-state index in [1.54, 1.807) is 18.3 Å². The highest BCUT2D eigenvalue weighted by Crippen LogP contribution is 2.41. The monoisotopic (exact) mass is 371 g/mol. The van der Waals surface area contributed by atoms with Gasteiger partial charge in [-0.3, -0.25) is 4.79 Å². The average Bonchev–Trinajstić information content (AvgIpc) is 2.84. The van der Waals surface area contributed by atoms with Crippen molar-refractivity contribution in [3.8, 4) is 11.1 Å². The van der Waals surface area contributed by atoms with Gasteiger partial charge < -0.3 is 10.1 Å². The molecule has 1 aromatic heterocycles. The van der Waals surface area contributed by atoms with E-state index >= 15 is 0 Å². The van der Waals surface area contributed by atoms with Gasteiger partial charge in [-0.2, -0.15) is 13.2 Å². The third kappa shape index (κ3) is 3.84. The van der Waals surface area contributed by atoms with Crippen LogP contribution in [0.3, 0.4) is 0 Å². The van der Waals surface area contributed by atoms with Crippen LogP contribution < -0.4 is 5.32 Å². The summed E-state index contributed by atoms with van der Waals surface area (Å²) in [5, 5.41) is 1.60. The molecule has 4 nitrogen and oxygen atoms in total. The number of carbonyl (C=O) groups excluding carboxylic acids is 2. The number of esters is 1. The van der Waals surface area contributed by atoms with Crippen LogP contribution in [-0.2, 0) is 9.53 Å². The fourth-order valence-electron chi connectivity index (χ4n) is 2.35. The summed E-state index contributed by atoms with van der Waals surface area (Å²) < 4.78 is 42.4. The zero-order valence-corrected chi connectivity index (χ0v) is 14.8. The molecule has 8 heteroatoms. The molecule has 0 atom stereocenters. The topological polar surface area (TPSA) is 55.4 Å². The molecule has 0 aliphatic heterocycles. The van der Waals surface area contributed by atoms with Crippen LogP contribution in [0.1, 0.15) is 26.4 Å². The minimum absolute atomic E-state index is 0.0779. The molecular weight excluding hydrogens is 355 g/mol. The molecule has 2 aromatic rings. The molecule has 134 valence electrons. The van der Waals surface area contributed by atoms with Gasteiger partial charge in [-0.05, 0) is 37.5 Å². The number of anilines is 1. The highest BCUT2D eigenvalue weighted by molar-refractivity contribution is 7.17. The van der Waals surface area contributed by atoms with E-state index in [9.17, 15) is 22.8 Å². The number of ether oxygens (including phenoxy) is 1. The van der Waals surface area contributed by atoms with Gasteiger partial charge in [0, 0.05) is 10.4 Å². The van der Waals surface area contributed by atoms with E-state index in [4.69, 9.17) is 4.74 Å². The maximum Gasteiger partial charge on any atom is 0.471 e. The van der Waals surface area contributed by atoms with E-state index in [0.717, 1.165) is 29.6 Å². The molecule has 0 fully saturated rings. The number of alkyl halides is 3. The predicted molar refractivity (Wildman–Crippen MR) is 90.0 cm³/mol. The van der Waals surface area contributed by atoms with Crippen LogP contribution in [0.2, 0.25) is 0 Å². The Morgan fingerprint density at radius 3 is 2.28 bits per heavy atom. The van der Waals surface area contributed by atoms with E-state index in [1.165, 1.54) is 0 Å². The quantitative estimate of drug-likeness (QED) is 0.801. The van der Waals surface area contributed by atoms with Gasteiger partial charge in [0.25, 0.3) is 0 Å². The lowest BCUT2D eigenvalue weighted by Crippen LogP contribution is -2.30. The molecule has 1 N–H and O–H groups in total. The molecule has 0 spiro atoms. The maximum atomic E-state index is 12.6. The van der Waals surface area contributed by atoms with E-state index in [2.05, 4.69) is 0 Å². The zero-order valence-electron chi connectivity index (χ0n) is 14.0. The molecule has 0 unspecified atom stereocenters. The number of nitrogens with one attached hydrogen (secondary N) is 1. The van der Waals surface area contributed by atoms with Gasteiger partial charge in [0.2, 0.25) is 0 Å². The van der Waals surface area contributed by atoms with Gasteiger partial charge in [-0.25, -0.2) is 4.79 Å². The Morgan fingerprint density at radius 1 is 1.12 bits per heavy atom. The van der Waals surface area contributed by atoms with Crippen molar-refractivity contribution in [2.75, 3.05) is 12.4 Å². The Labute approximate surface area is 146 Å². The normalized spacial score (nSPS) is 11.3. The molecule has 0 saturated carbocycles. The second-order valence-electron chi connectivity index (χ2n) is 5.48. The summed E-state index contributed by atoms with van der Waals surface area (Å²) in [5.41, 5.74) is 3.06. The van der Waals surface area contributed by atoms with Crippen molar-refractivity contribution < 1.29 is 27.5 Å². The van der Waals surface area contributed by atoms with E-state index in [1.807, 2.05) is 26.0 Å². The van der Waals surface area contributed by atoms with Crippen LogP contribution in [0.25, 0.3) is 11.1 Å². The summed E-state index contributed by atoms with van der Waals surface area (Å²) in [7, 11) is 1.13. The first kappa shape index (κ1) is 19.0. The van der Waals surface area contributed by atoms with Crippen molar-refractivity contribution in [1.82, 2.24) is 0 Å². The molecule has 1 aromatic carbocycles. The Morgan fingerprint density at radius 2 is 1.76 bits per heavy atom. The summed E-state index contributed by atoms with van der Waals surface area (Å²) in [6.45, 7) is 5.49. The van der Waals surface area contributed by atoms with E-state index in [0.29, 0.717) is 16.0 Å². The van der Waals surface area contributed by atoms with Crippen LogP contribution in [0.15, 0.2) is 18.2 Å². The molecular formula is C17H16F3NO3S. The van der Waals surface area contributed by atoms with Crippen molar-refractivity contribution in [2.24, 2.45) is 0 Å². The first-order valence-electron chi connectivity index (χ1n) is 7.23. The molecule has 1 heterocycles. The zero-order chi connectivity index (χ0) is 18.9. The van der Waals surface area contributed by atoms with Gasteiger partial charge in [-0.1, -0.05) is 18.2 Å². The fraction of sp³-hybridized carbons (Fsp3) is 0.294. The second-order valence-corrected chi connectivity index (χ2v) is 6.70. The molecule has 2 rings (SSSR count). The van der Waals surface area contributed by atoms with Crippen molar-refractivity contribution in [2.45, 2.75) is 26.9 Å². The molecule has 0 bridgehead atoms. The summed E-state index contributed by atoms with van der Waals surface area (Å²) in [5.74, 6) is -2.94. The molecule has 0 saturated heterocycles. The number of aryl methyl sites for hydroxylation is 3. The summed E-state index contributed by atoms with van der Waals surface area (Å²) >= 11 is 0.901. The lowest BCUT2D eigenvalue weighted by Gasteiger charge is -2.10. The molecule has 1 amide bonds. The minimum Gasteiger partial charge on any atom is -0.465 e. The number of thiophene rings is 1. The number of hydrogen-bond acceptors (Lipinski definition) is 4. The SMILES string of the molecule is COC(=O)c1c(NC(=O)C(F)(F)F)sc(C)c1-c1ccc(C)c(C)c1. The lowest BCUT2D eigenvalue weighted by molar-refractivity contribution is -0.167. The smallest absolute Gasteiger partial charge is 0.465 e. The molecule has 25 heavy (non-hydrogen) atoms. The van der Waals surface area contributed by atoms with Crippen molar-refractivity contribution >= 4 is 28.2 Å². The van der Waals surface area contributed by atoms with Crippen LogP contribution in [0.4, 0.5) is 18.2 Å². The van der Waals surface area contributed by atoms with Crippen LogP contribution in [-0.4, -0.2) is 25.2 Å². The number of halogens is 3. The highest BCUT2D eigenvalue weighted by atomic mass is 32.1. The van der Waals surface area contributed by atoms with Crippen LogP contribution in [0.5, 0.6) is 0 Å². The summed E-state index contributed by atoms with van der Waals surface area (Å²) in [6.07, 6.45) is -5.05. The number of hydrogen-bond donors (Lipinski definition) is 1. The number of amides is 1. The average molecular weight is 371 g/mol. The first-order chi connectivity index (χ1) is 11.6. The van der Waals surface area contributed by atoms with Gasteiger partial charge in [0.05, 0.1) is 7.11 Å². The lowest BCUT2D eigenvalue weighted by atomic mass is 9.97. The molecule has 0 radical (unpaired) electrons. The Kier molecular flexibility index (Phi) is 5.22. The van der Waals surface area contributed by atoms with Gasteiger partial charge in [0.1, 0.15) is 10.6 Å². The van der Waals surface area contributed by atoms with Crippen LogP contribution >= 0.6 is 11.3 Å². The van der Waals surface area contributed by atoms with Gasteiger partial charge in [0.15, 0.2) is 0 Å². The summed E-state index contributed by atoms with van der Waals surface area (Å²) in [4.78, 5) is 24.0. The highest BCUT2D eigenvalue weighted by Gasteiger charge is 2.40.